The van der Waals surface area contributed by atoms with Gasteiger partial charge in [0.1, 0.15) is 0 Å². The van der Waals surface area contributed by atoms with Gasteiger partial charge in [0, 0.05) is 16.5 Å². The molecule has 0 unspecified atom stereocenters. The first-order chi connectivity index (χ1) is 14.5. The quantitative estimate of drug-likeness (QED) is 0.436. The second-order valence-electron chi connectivity index (χ2n) is 7.40. The number of carbonyl (C=O) groups is 2. The molecule has 0 radical (unpaired) electrons. The minimum absolute atomic E-state index is 0.205. The summed E-state index contributed by atoms with van der Waals surface area (Å²) in [6.45, 7) is 0. The van der Waals surface area contributed by atoms with E-state index < -0.39 is 17.8 Å². The van der Waals surface area contributed by atoms with E-state index >= 15 is 0 Å². The fourth-order valence-corrected chi connectivity index (χ4v) is 5.93. The number of aromatic nitrogens is 1. The van der Waals surface area contributed by atoms with Crippen molar-refractivity contribution in [1.82, 2.24) is 4.98 Å². The Morgan fingerprint density at radius 1 is 1.13 bits per heavy atom. The SMILES string of the molecule is O=C(O)[C@@H]1CCCC[C@H]1C(=O)Nc1ccc2nc(SCc3ccc(Cl)cc3)sc2c1. The zero-order valence-electron chi connectivity index (χ0n) is 16.1. The Bertz CT molecular complexity index is 1070. The summed E-state index contributed by atoms with van der Waals surface area (Å²) in [6.07, 6.45) is 2.95. The molecular weight excluding hydrogens is 440 g/mol. The number of thioether (sulfide) groups is 1. The molecule has 1 aromatic heterocycles. The molecule has 156 valence electrons. The van der Waals surface area contributed by atoms with E-state index in [1.807, 2.05) is 42.5 Å². The van der Waals surface area contributed by atoms with Crippen LogP contribution in [-0.2, 0) is 15.3 Å². The van der Waals surface area contributed by atoms with E-state index in [0.717, 1.165) is 38.2 Å². The number of aliphatic carboxylic acids is 1. The van der Waals surface area contributed by atoms with E-state index in [0.29, 0.717) is 18.5 Å². The van der Waals surface area contributed by atoms with Crippen molar-refractivity contribution in [1.29, 1.82) is 0 Å². The number of carbonyl (C=O) groups excluding carboxylic acids is 1. The van der Waals surface area contributed by atoms with Gasteiger partial charge in [-0.1, -0.05) is 48.3 Å². The monoisotopic (exact) mass is 460 g/mol. The molecule has 1 amide bonds. The van der Waals surface area contributed by atoms with Crippen LogP contribution >= 0.6 is 34.7 Å². The van der Waals surface area contributed by atoms with Gasteiger partial charge in [0.25, 0.3) is 0 Å². The van der Waals surface area contributed by atoms with Gasteiger partial charge in [-0.3, -0.25) is 9.59 Å². The molecule has 1 saturated carbocycles. The topological polar surface area (TPSA) is 79.3 Å². The molecule has 0 spiro atoms. The third-order valence-electron chi connectivity index (χ3n) is 5.33. The number of benzene rings is 2. The van der Waals surface area contributed by atoms with Crippen molar-refractivity contribution in [3.05, 3.63) is 53.1 Å². The lowest BCUT2D eigenvalue weighted by Gasteiger charge is -2.27. The van der Waals surface area contributed by atoms with E-state index in [1.165, 1.54) is 5.56 Å². The molecule has 1 heterocycles. The first-order valence-electron chi connectivity index (χ1n) is 9.81. The number of nitrogens with one attached hydrogen (secondary N) is 1. The highest BCUT2D eigenvalue weighted by molar-refractivity contribution is 8.00. The molecule has 30 heavy (non-hydrogen) atoms. The van der Waals surface area contributed by atoms with Gasteiger partial charge in [-0.2, -0.15) is 0 Å². The van der Waals surface area contributed by atoms with Crippen LogP contribution in [0.5, 0.6) is 0 Å². The standard InChI is InChI=1S/C22H21ClN2O3S2/c23-14-7-5-13(6-8-14)12-29-22-25-18-10-9-15(11-19(18)30-22)24-20(26)16-3-1-2-4-17(16)21(27)28/h5-11,16-17H,1-4,12H2,(H,24,26)(H,27,28)/t16-,17-/m1/s1. The first-order valence-corrected chi connectivity index (χ1v) is 12.0. The van der Waals surface area contributed by atoms with Crippen LogP contribution in [0.15, 0.2) is 46.8 Å². The molecular formula is C22H21ClN2O3S2. The van der Waals surface area contributed by atoms with Crippen LogP contribution in [0.25, 0.3) is 10.2 Å². The van der Waals surface area contributed by atoms with E-state index in [1.54, 1.807) is 23.1 Å². The van der Waals surface area contributed by atoms with Gasteiger partial charge in [0.15, 0.2) is 4.34 Å². The molecule has 0 bridgehead atoms. The van der Waals surface area contributed by atoms with Crippen LogP contribution in [0.4, 0.5) is 5.69 Å². The minimum Gasteiger partial charge on any atom is -0.481 e. The van der Waals surface area contributed by atoms with Crippen molar-refractivity contribution in [2.75, 3.05) is 5.32 Å². The highest BCUT2D eigenvalue weighted by atomic mass is 35.5. The summed E-state index contributed by atoms with van der Waals surface area (Å²) in [6, 6.07) is 13.4. The van der Waals surface area contributed by atoms with Crippen molar-refractivity contribution >= 4 is 62.5 Å². The molecule has 2 atom stereocenters. The van der Waals surface area contributed by atoms with Crippen LogP contribution in [0.3, 0.4) is 0 Å². The lowest BCUT2D eigenvalue weighted by atomic mass is 9.78. The molecule has 8 heteroatoms. The minimum atomic E-state index is -0.880. The lowest BCUT2D eigenvalue weighted by molar-refractivity contribution is -0.147. The largest absolute Gasteiger partial charge is 0.481 e. The fraction of sp³-hybridized carbons (Fsp3) is 0.318. The van der Waals surface area contributed by atoms with Crippen LogP contribution in [0, 0.1) is 11.8 Å². The average Bonchev–Trinajstić information content (AvgIpc) is 3.15. The van der Waals surface area contributed by atoms with E-state index in [4.69, 9.17) is 11.6 Å². The lowest BCUT2D eigenvalue weighted by Crippen LogP contribution is -2.36. The third-order valence-corrected chi connectivity index (χ3v) is 7.82. The second kappa shape index (κ2) is 9.37. The number of amides is 1. The summed E-state index contributed by atoms with van der Waals surface area (Å²) >= 11 is 9.18. The van der Waals surface area contributed by atoms with E-state index in [9.17, 15) is 14.7 Å². The van der Waals surface area contributed by atoms with E-state index in [-0.39, 0.29) is 5.91 Å². The molecule has 4 rings (SSSR count). The van der Waals surface area contributed by atoms with Crippen LogP contribution in [0.1, 0.15) is 31.2 Å². The van der Waals surface area contributed by atoms with Gasteiger partial charge in [-0.15, -0.1) is 11.3 Å². The van der Waals surface area contributed by atoms with Crippen molar-refractivity contribution in [3.63, 3.8) is 0 Å². The first kappa shape index (κ1) is 21.2. The normalized spacial score (nSPS) is 19.0. The van der Waals surface area contributed by atoms with Crippen LogP contribution in [-0.4, -0.2) is 22.0 Å². The van der Waals surface area contributed by atoms with E-state index in [2.05, 4.69) is 10.3 Å². The van der Waals surface area contributed by atoms with Crippen molar-refractivity contribution in [2.45, 2.75) is 35.8 Å². The Labute approximate surface area is 187 Å². The fourth-order valence-electron chi connectivity index (χ4n) is 3.74. The molecule has 3 aromatic rings. The van der Waals surface area contributed by atoms with Gasteiger partial charge >= 0.3 is 5.97 Å². The maximum absolute atomic E-state index is 12.7. The molecule has 1 aliphatic carbocycles. The number of anilines is 1. The number of rotatable bonds is 6. The molecule has 1 aliphatic rings. The Kier molecular flexibility index (Phi) is 6.61. The van der Waals surface area contributed by atoms with Gasteiger partial charge in [-0.25, -0.2) is 4.98 Å². The zero-order valence-corrected chi connectivity index (χ0v) is 18.5. The summed E-state index contributed by atoms with van der Waals surface area (Å²) in [5.41, 5.74) is 2.75. The maximum atomic E-state index is 12.7. The zero-order chi connectivity index (χ0) is 21.1. The Balaban J connectivity index is 1.43. The Morgan fingerprint density at radius 2 is 1.87 bits per heavy atom. The van der Waals surface area contributed by atoms with Crippen LogP contribution in [0.2, 0.25) is 5.02 Å². The maximum Gasteiger partial charge on any atom is 0.307 e. The summed E-state index contributed by atoms with van der Waals surface area (Å²) in [7, 11) is 0. The number of halogens is 1. The Morgan fingerprint density at radius 3 is 2.60 bits per heavy atom. The average molecular weight is 461 g/mol. The molecule has 5 nitrogen and oxygen atoms in total. The molecule has 2 aromatic carbocycles. The predicted molar refractivity (Wildman–Crippen MR) is 122 cm³/mol. The number of thiazole rings is 1. The molecule has 2 N–H and O–H groups in total. The number of nitrogens with zero attached hydrogens (tertiary/aromatic N) is 1. The summed E-state index contributed by atoms with van der Waals surface area (Å²) in [4.78, 5) is 28.8. The van der Waals surface area contributed by atoms with Gasteiger partial charge in [-0.05, 0) is 48.7 Å². The summed E-state index contributed by atoms with van der Waals surface area (Å²) in [5.74, 6) is -1.35. The number of fused-ring (bicyclic) bond motifs is 1. The highest BCUT2D eigenvalue weighted by Gasteiger charge is 2.35. The molecule has 0 aliphatic heterocycles. The predicted octanol–water partition coefficient (Wildman–Crippen LogP) is 6.07. The van der Waals surface area contributed by atoms with Crippen molar-refractivity contribution in [3.8, 4) is 0 Å². The smallest absolute Gasteiger partial charge is 0.307 e. The van der Waals surface area contributed by atoms with Crippen molar-refractivity contribution in [2.24, 2.45) is 11.8 Å². The number of carboxylic acids is 1. The van der Waals surface area contributed by atoms with Gasteiger partial charge < -0.3 is 10.4 Å². The van der Waals surface area contributed by atoms with Gasteiger partial charge in [0.2, 0.25) is 5.91 Å². The number of hydrogen-bond donors (Lipinski definition) is 2. The number of carboxylic acid groups (broad SMARTS) is 1. The summed E-state index contributed by atoms with van der Waals surface area (Å²) in [5, 5.41) is 13.1. The Hall–Kier alpha value is -2.09. The second-order valence-corrected chi connectivity index (χ2v) is 10.1. The van der Waals surface area contributed by atoms with Gasteiger partial charge in [0.05, 0.1) is 22.1 Å². The van der Waals surface area contributed by atoms with Crippen molar-refractivity contribution < 1.29 is 14.7 Å². The third kappa shape index (κ3) is 4.96. The summed E-state index contributed by atoms with van der Waals surface area (Å²) < 4.78 is 1.95. The van der Waals surface area contributed by atoms with Crippen LogP contribution < -0.4 is 5.32 Å². The molecule has 1 fully saturated rings. The molecule has 0 saturated heterocycles. The number of hydrogen-bond acceptors (Lipinski definition) is 5. The highest BCUT2D eigenvalue weighted by Crippen LogP contribution is 2.34.